The second-order valence-corrected chi connectivity index (χ2v) is 13.4. The lowest BCUT2D eigenvalue weighted by Gasteiger charge is -2.33. The summed E-state index contributed by atoms with van der Waals surface area (Å²) in [4.78, 5) is 18.4. The maximum atomic E-state index is 16.8. The number of rotatable bonds is 8. The van der Waals surface area contributed by atoms with Gasteiger partial charge in [0.15, 0.2) is 5.82 Å². The standard InChI is InChI=1S/C35H41F3N6O/c1-5-23-26(37)11-10-21-8-6-9-24(28(21)23)31-29(38)32-25(17-40-31)33(43(4)27-12-14-39-30(27)20(2)3)42-34(41-32)45-19-35-13-7-15-44(35)18-22(36)16-35/h6,8-11,17,20,22,27,30,39H,5,7,12-16,18-19H2,1-4H3/t22-,27-,30-,35+/m1/s1. The van der Waals surface area contributed by atoms with Gasteiger partial charge < -0.3 is 15.0 Å². The third kappa shape index (κ3) is 5.10. The van der Waals surface area contributed by atoms with Gasteiger partial charge in [-0.1, -0.05) is 45.0 Å². The monoisotopic (exact) mass is 618 g/mol. The van der Waals surface area contributed by atoms with Crippen LogP contribution in [-0.4, -0.2) is 76.9 Å². The molecule has 3 fully saturated rings. The zero-order chi connectivity index (χ0) is 31.5. The Bertz CT molecular complexity index is 1750. The summed E-state index contributed by atoms with van der Waals surface area (Å²) in [5, 5.41) is 5.55. The van der Waals surface area contributed by atoms with Crippen LogP contribution in [-0.2, 0) is 6.42 Å². The number of likely N-dealkylation sites (N-methyl/N-ethyl adjacent to an activating group) is 1. The summed E-state index contributed by atoms with van der Waals surface area (Å²) >= 11 is 0. The minimum Gasteiger partial charge on any atom is -0.461 e. The van der Waals surface area contributed by atoms with E-state index in [-0.39, 0.29) is 41.7 Å². The first-order chi connectivity index (χ1) is 21.7. The fraction of sp³-hybridized carbons (Fsp3) is 0.514. The van der Waals surface area contributed by atoms with E-state index < -0.39 is 17.5 Å². The molecule has 1 N–H and O–H groups in total. The molecular weight excluding hydrogens is 577 g/mol. The van der Waals surface area contributed by atoms with Gasteiger partial charge in [-0.3, -0.25) is 9.88 Å². The average molecular weight is 619 g/mol. The van der Waals surface area contributed by atoms with Crippen LogP contribution in [0.4, 0.5) is 19.0 Å². The van der Waals surface area contributed by atoms with Crippen molar-refractivity contribution < 1.29 is 17.9 Å². The third-order valence-electron chi connectivity index (χ3n) is 10.4. The third-order valence-corrected chi connectivity index (χ3v) is 10.4. The maximum Gasteiger partial charge on any atom is 0.319 e. The Morgan fingerprint density at radius 3 is 2.82 bits per heavy atom. The molecule has 4 atom stereocenters. The van der Waals surface area contributed by atoms with Crippen LogP contribution in [0.15, 0.2) is 36.5 Å². The Balaban J connectivity index is 1.36. The molecule has 2 aromatic heterocycles. The lowest BCUT2D eigenvalue weighted by atomic mass is 9.94. The van der Waals surface area contributed by atoms with Gasteiger partial charge in [0.2, 0.25) is 0 Å². The molecular formula is C35H41F3N6O. The van der Waals surface area contributed by atoms with Gasteiger partial charge in [0.05, 0.1) is 10.9 Å². The van der Waals surface area contributed by atoms with Crippen LogP contribution in [0.5, 0.6) is 6.01 Å². The SMILES string of the molecule is CCc1c(F)ccc2cccc(-c3ncc4c(N(C)[C@@H]5CCN[C@@H]5C(C)C)nc(OC[C@@]56CCCN5C[C@H](F)C6)nc4c3F)c12. The molecule has 238 valence electrons. The number of anilines is 1. The molecule has 0 radical (unpaired) electrons. The van der Waals surface area contributed by atoms with Crippen molar-refractivity contribution in [3.05, 3.63) is 53.7 Å². The van der Waals surface area contributed by atoms with E-state index in [9.17, 15) is 8.78 Å². The lowest BCUT2D eigenvalue weighted by Crippen LogP contribution is -2.45. The highest BCUT2D eigenvalue weighted by Crippen LogP contribution is 2.41. The number of pyridine rings is 1. The number of ether oxygens (including phenoxy) is 1. The molecule has 2 aromatic carbocycles. The van der Waals surface area contributed by atoms with Crippen molar-refractivity contribution >= 4 is 27.5 Å². The molecule has 10 heteroatoms. The van der Waals surface area contributed by atoms with Gasteiger partial charge in [-0.25, -0.2) is 13.2 Å². The van der Waals surface area contributed by atoms with E-state index in [1.54, 1.807) is 18.3 Å². The molecule has 0 saturated carbocycles. The quantitative estimate of drug-likeness (QED) is 0.243. The van der Waals surface area contributed by atoms with Crippen molar-refractivity contribution in [3.63, 3.8) is 0 Å². The molecule has 7 rings (SSSR count). The van der Waals surface area contributed by atoms with Crippen LogP contribution in [0.2, 0.25) is 0 Å². The molecule has 0 unspecified atom stereocenters. The first-order valence-electron chi connectivity index (χ1n) is 16.3. The van der Waals surface area contributed by atoms with Crippen LogP contribution in [0.25, 0.3) is 32.9 Å². The Labute approximate surface area is 262 Å². The molecule has 0 aliphatic carbocycles. The summed E-state index contributed by atoms with van der Waals surface area (Å²) in [5.41, 5.74) is 0.840. The Hall–Kier alpha value is -3.50. The molecule has 5 heterocycles. The lowest BCUT2D eigenvalue weighted by molar-refractivity contribution is 0.107. The summed E-state index contributed by atoms with van der Waals surface area (Å²) in [7, 11) is 1.98. The first kappa shape index (κ1) is 30.2. The van der Waals surface area contributed by atoms with Gasteiger partial charge >= 0.3 is 6.01 Å². The van der Waals surface area contributed by atoms with Crippen molar-refractivity contribution in [3.8, 4) is 17.3 Å². The van der Waals surface area contributed by atoms with E-state index in [0.29, 0.717) is 53.0 Å². The predicted octanol–water partition coefficient (Wildman–Crippen LogP) is 6.46. The summed E-state index contributed by atoms with van der Waals surface area (Å²) < 4.78 is 52.6. The molecule has 4 aromatic rings. The number of aromatic nitrogens is 3. The number of alkyl halides is 1. The molecule has 45 heavy (non-hydrogen) atoms. The van der Waals surface area contributed by atoms with Crippen molar-refractivity contribution in [2.45, 2.75) is 76.7 Å². The normalized spacial score (nSPS) is 25.1. The zero-order valence-corrected chi connectivity index (χ0v) is 26.4. The van der Waals surface area contributed by atoms with E-state index in [2.05, 4.69) is 38.9 Å². The maximum absolute atomic E-state index is 16.8. The number of hydrogen-bond donors (Lipinski definition) is 1. The topological polar surface area (TPSA) is 66.4 Å². The highest BCUT2D eigenvalue weighted by Gasteiger charge is 2.49. The van der Waals surface area contributed by atoms with Crippen LogP contribution >= 0.6 is 0 Å². The summed E-state index contributed by atoms with van der Waals surface area (Å²) in [5.74, 6) is -0.00831. The molecule has 0 amide bonds. The fourth-order valence-corrected chi connectivity index (χ4v) is 8.15. The Kier molecular flexibility index (Phi) is 7.84. The molecule has 3 aliphatic heterocycles. The molecule has 0 spiro atoms. The van der Waals surface area contributed by atoms with Crippen LogP contribution < -0.4 is 15.0 Å². The van der Waals surface area contributed by atoms with E-state index in [1.807, 2.05) is 26.1 Å². The van der Waals surface area contributed by atoms with Crippen molar-refractivity contribution in [1.29, 1.82) is 0 Å². The second-order valence-electron chi connectivity index (χ2n) is 13.4. The Morgan fingerprint density at radius 2 is 2.02 bits per heavy atom. The largest absolute Gasteiger partial charge is 0.461 e. The number of benzene rings is 2. The van der Waals surface area contributed by atoms with Gasteiger partial charge in [-0.05, 0) is 67.1 Å². The fourth-order valence-electron chi connectivity index (χ4n) is 8.15. The molecule has 7 nitrogen and oxygen atoms in total. The highest BCUT2D eigenvalue weighted by molar-refractivity contribution is 6.00. The highest BCUT2D eigenvalue weighted by atomic mass is 19.1. The first-order valence-corrected chi connectivity index (χ1v) is 16.3. The number of fused-ring (bicyclic) bond motifs is 3. The molecule has 0 bridgehead atoms. The van der Waals surface area contributed by atoms with Crippen LogP contribution in [0.1, 0.15) is 52.0 Å². The van der Waals surface area contributed by atoms with Crippen molar-refractivity contribution in [1.82, 2.24) is 25.2 Å². The predicted molar refractivity (Wildman–Crippen MR) is 172 cm³/mol. The minimum absolute atomic E-state index is 0.0641. The van der Waals surface area contributed by atoms with Crippen molar-refractivity contribution in [2.24, 2.45) is 5.92 Å². The number of nitrogens with zero attached hydrogens (tertiary/aromatic N) is 5. The van der Waals surface area contributed by atoms with Gasteiger partial charge in [0.25, 0.3) is 0 Å². The van der Waals surface area contributed by atoms with Crippen LogP contribution in [0.3, 0.4) is 0 Å². The summed E-state index contributed by atoms with van der Waals surface area (Å²) in [6.07, 6.45) is 4.35. The van der Waals surface area contributed by atoms with E-state index in [4.69, 9.17) is 9.72 Å². The van der Waals surface area contributed by atoms with Gasteiger partial charge in [-0.15, -0.1) is 0 Å². The minimum atomic E-state index is -0.888. The van der Waals surface area contributed by atoms with Crippen LogP contribution in [0, 0.1) is 17.6 Å². The molecule has 3 saturated heterocycles. The average Bonchev–Trinajstić information content (AvgIpc) is 3.74. The van der Waals surface area contributed by atoms with E-state index >= 15 is 4.39 Å². The van der Waals surface area contributed by atoms with Crippen molar-refractivity contribution in [2.75, 3.05) is 38.2 Å². The van der Waals surface area contributed by atoms with E-state index in [0.717, 1.165) is 37.7 Å². The summed E-state index contributed by atoms with van der Waals surface area (Å²) in [6, 6.07) is 9.09. The number of nitrogens with one attached hydrogen (secondary N) is 1. The van der Waals surface area contributed by atoms with E-state index in [1.165, 1.54) is 6.07 Å². The Morgan fingerprint density at radius 1 is 1.18 bits per heavy atom. The van der Waals surface area contributed by atoms with Gasteiger partial charge in [-0.2, -0.15) is 9.97 Å². The number of hydrogen-bond acceptors (Lipinski definition) is 7. The number of aryl methyl sites for hydroxylation is 1. The smallest absolute Gasteiger partial charge is 0.319 e. The number of halogens is 3. The molecule has 3 aliphatic rings. The second kappa shape index (κ2) is 11.7. The zero-order valence-electron chi connectivity index (χ0n) is 26.4. The van der Waals surface area contributed by atoms with Gasteiger partial charge in [0.1, 0.15) is 35.6 Å². The summed E-state index contributed by atoms with van der Waals surface area (Å²) in [6.45, 7) is 8.64. The van der Waals surface area contributed by atoms with Gasteiger partial charge in [0, 0.05) is 43.9 Å².